The van der Waals surface area contributed by atoms with E-state index in [9.17, 15) is 8.42 Å². The number of nitrogens with one attached hydrogen (secondary N) is 1. The van der Waals surface area contributed by atoms with Gasteiger partial charge >= 0.3 is 0 Å². The van der Waals surface area contributed by atoms with E-state index >= 15 is 0 Å². The summed E-state index contributed by atoms with van der Waals surface area (Å²) in [5.41, 5.74) is 2.57. The van der Waals surface area contributed by atoms with Gasteiger partial charge in [-0.25, -0.2) is 0 Å². The van der Waals surface area contributed by atoms with Crippen molar-refractivity contribution in [1.29, 1.82) is 0 Å². The first-order valence-electron chi connectivity index (χ1n) is 9.57. The minimum atomic E-state index is -3.86. The number of benzene rings is 3. The van der Waals surface area contributed by atoms with Crippen molar-refractivity contribution in [3.05, 3.63) is 83.9 Å². The van der Waals surface area contributed by atoms with Gasteiger partial charge in [-0.1, -0.05) is 41.9 Å². The third kappa shape index (κ3) is 4.42. The monoisotopic (exact) mass is 469 g/mol. The predicted octanol–water partition coefficient (Wildman–Crippen LogP) is 4.82. The number of aromatic nitrogens is 2. The summed E-state index contributed by atoms with van der Waals surface area (Å²) in [6.07, 6.45) is 0. The Morgan fingerprint density at radius 3 is 2.16 bits per heavy atom. The van der Waals surface area contributed by atoms with Crippen molar-refractivity contribution >= 4 is 21.6 Å². The molecule has 164 valence electrons. The molecule has 0 saturated heterocycles. The lowest BCUT2D eigenvalue weighted by Gasteiger charge is -2.11. The van der Waals surface area contributed by atoms with Crippen molar-refractivity contribution in [3.8, 4) is 34.0 Å². The molecule has 7 nitrogen and oxygen atoms in total. The lowest BCUT2D eigenvalue weighted by atomic mass is 10.1. The summed E-state index contributed by atoms with van der Waals surface area (Å²) in [4.78, 5) is 3.92. The second-order valence-corrected chi connectivity index (χ2v) is 8.91. The van der Waals surface area contributed by atoms with Crippen LogP contribution in [0.2, 0.25) is 5.02 Å². The summed E-state index contributed by atoms with van der Waals surface area (Å²) in [5, 5.41) is 5.09. The second kappa shape index (κ2) is 8.94. The van der Waals surface area contributed by atoms with Crippen LogP contribution >= 0.6 is 11.6 Å². The number of methoxy groups -OCH3 is 2. The number of rotatable bonds is 7. The molecule has 0 saturated carbocycles. The van der Waals surface area contributed by atoms with Gasteiger partial charge < -0.3 is 9.47 Å². The number of halogens is 1. The molecule has 0 aliphatic rings. The van der Waals surface area contributed by atoms with Gasteiger partial charge in [-0.2, -0.15) is 23.1 Å². The highest BCUT2D eigenvalue weighted by atomic mass is 35.5. The van der Waals surface area contributed by atoms with E-state index < -0.39 is 10.0 Å². The van der Waals surface area contributed by atoms with Gasteiger partial charge in [-0.05, 0) is 48.5 Å². The van der Waals surface area contributed by atoms with Gasteiger partial charge in [0.1, 0.15) is 0 Å². The number of hydrogen-bond donors (Lipinski definition) is 1. The van der Waals surface area contributed by atoms with Crippen molar-refractivity contribution in [2.75, 3.05) is 19.1 Å². The van der Waals surface area contributed by atoms with E-state index in [0.717, 1.165) is 11.1 Å². The van der Waals surface area contributed by atoms with Crippen molar-refractivity contribution in [2.24, 2.45) is 0 Å². The topological polar surface area (TPSA) is 82.5 Å². The Morgan fingerprint density at radius 2 is 1.50 bits per heavy atom. The maximum atomic E-state index is 12.9. The highest BCUT2D eigenvalue weighted by Crippen LogP contribution is 2.33. The molecule has 1 aromatic heterocycles. The van der Waals surface area contributed by atoms with Gasteiger partial charge in [0, 0.05) is 16.1 Å². The van der Waals surface area contributed by atoms with Gasteiger partial charge in [0.2, 0.25) is 0 Å². The van der Waals surface area contributed by atoms with Crippen LogP contribution < -0.4 is 14.3 Å². The first kappa shape index (κ1) is 21.7. The summed E-state index contributed by atoms with van der Waals surface area (Å²) in [6, 6.07) is 22.3. The highest BCUT2D eigenvalue weighted by Gasteiger charge is 2.19. The molecule has 32 heavy (non-hydrogen) atoms. The van der Waals surface area contributed by atoms with Crippen molar-refractivity contribution in [3.63, 3.8) is 0 Å². The molecule has 0 radical (unpaired) electrons. The van der Waals surface area contributed by atoms with Gasteiger partial charge in [-0.15, -0.1) is 0 Å². The Kier molecular flexibility index (Phi) is 6.07. The van der Waals surface area contributed by atoms with Crippen LogP contribution in [0.15, 0.2) is 83.8 Å². The number of hydrogen-bond acceptors (Lipinski definition) is 5. The molecule has 3 aromatic carbocycles. The van der Waals surface area contributed by atoms with E-state index in [1.165, 1.54) is 16.9 Å². The van der Waals surface area contributed by atoms with E-state index in [2.05, 4.69) is 9.93 Å². The lowest BCUT2D eigenvalue weighted by Crippen LogP contribution is -2.25. The van der Waals surface area contributed by atoms with Gasteiger partial charge in [-0.3, -0.25) is 0 Å². The average molecular weight is 470 g/mol. The Balaban J connectivity index is 1.82. The van der Waals surface area contributed by atoms with Crippen LogP contribution in [0, 0.1) is 0 Å². The number of ether oxygens (including phenoxy) is 2. The summed E-state index contributed by atoms with van der Waals surface area (Å²) in [5.74, 6) is 1.12. The number of nitrogens with zero attached hydrogens (tertiary/aromatic N) is 2. The van der Waals surface area contributed by atoms with E-state index in [4.69, 9.17) is 21.1 Å². The fraction of sp³-hybridized carbons (Fsp3) is 0.0870. The average Bonchev–Trinajstić information content (AvgIpc) is 3.22. The zero-order valence-electron chi connectivity index (χ0n) is 17.3. The molecule has 1 heterocycles. The van der Waals surface area contributed by atoms with Crippen LogP contribution in [-0.2, 0) is 10.0 Å². The molecule has 0 aliphatic carbocycles. The Bertz CT molecular complexity index is 1340. The maximum Gasteiger partial charge on any atom is 0.276 e. The zero-order valence-corrected chi connectivity index (χ0v) is 18.9. The smallest absolute Gasteiger partial charge is 0.276 e. The molecule has 4 rings (SSSR count). The fourth-order valence-corrected chi connectivity index (χ4v) is 4.29. The minimum Gasteiger partial charge on any atom is -0.493 e. The van der Waals surface area contributed by atoms with Crippen LogP contribution in [-0.4, -0.2) is 32.5 Å². The summed E-state index contributed by atoms with van der Waals surface area (Å²) >= 11 is 6.03. The van der Waals surface area contributed by atoms with Crippen LogP contribution in [0.5, 0.6) is 11.5 Å². The molecular formula is C23H20ClN3O4S. The summed E-state index contributed by atoms with van der Waals surface area (Å²) in [7, 11) is -0.757. The highest BCUT2D eigenvalue weighted by molar-refractivity contribution is 7.92. The molecule has 4 aromatic rings. The first-order chi connectivity index (χ1) is 15.4. The first-order valence-corrected chi connectivity index (χ1v) is 11.4. The fourth-order valence-electron chi connectivity index (χ4n) is 3.18. The maximum absolute atomic E-state index is 12.9. The molecule has 0 spiro atoms. The Labute approximate surface area is 191 Å². The number of sulfonamides is 1. The molecule has 0 atom stereocenters. The third-order valence-corrected chi connectivity index (χ3v) is 6.35. The van der Waals surface area contributed by atoms with E-state index in [-0.39, 0.29) is 4.90 Å². The SMILES string of the molecule is COc1ccc(-c2cc(-c3ccc(Cl)cc3)n(NS(=O)(=O)c3ccccc3)n2)cc1OC. The van der Waals surface area contributed by atoms with E-state index in [1.807, 2.05) is 6.07 Å². The van der Waals surface area contributed by atoms with Crippen LogP contribution in [0.3, 0.4) is 0 Å². The van der Waals surface area contributed by atoms with Crippen molar-refractivity contribution < 1.29 is 17.9 Å². The van der Waals surface area contributed by atoms with E-state index in [1.54, 1.807) is 74.9 Å². The van der Waals surface area contributed by atoms with Gasteiger partial charge in [0.05, 0.1) is 30.5 Å². The molecule has 0 fully saturated rings. The lowest BCUT2D eigenvalue weighted by molar-refractivity contribution is 0.355. The van der Waals surface area contributed by atoms with E-state index in [0.29, 0.717) is 27.9 Å². The summed E-state index contributed by atoms with van der Waals surface area (Å²) < 4.78 is 36.6. The minimum absolute atomic E-state index is 0.130. The molecule has 0 amide bonds. The van der Waals surface area contributed by atoms with Crippen LogP contribution in [0.1, 0.15) is 0 Å². The molecule has 0 aliphatic heterocycles. The van der Waals surface area contributed by atoms with Crippen molar-refractivity contribution in [2.45, 2.75) is 4.90 Å². The molecular weight excluding hydrogens is 450 g/mol. The second-order valence-electron chi connectivity index (χ2n) is 6.81. The normalized spacial score (nSPS) is 11.2. The molecule has 0 unspecified atom stereocenters. The quantitative estimate of drug-likeness (QED) is 0.419. The van der Waals surface area contributed by atoms with Gasteiger partial charge in [0.25, 0.3) is 10.0 Å². The standard InChI is InChI=1S/C23H20ClN3O4S/c1-30-22-13-10-17(14-23(22)31-2)20-15-21(16-8-11-18(24)12-9-16)27(25-20)26-32(28,29)19-6-4-3-5-7-19/h3-15,26H,1-2H3. The third-order valence-electron chi connectivity index (χ3n) is 4.79. The zero-order chi connectivity index (χ0) is 22.7. The Morgan fingerprint density at radius 1 is 0.844 bits per heavy atom. The summed E-state index contributed by atoms with van der Waals surface area (Å²) in [6.45, 7) is 0. The predicted molar refractivity (Wildman–Crippen MR) is 124 cm³/mol. The molecule has 0 bridgehead atoms. The molecule has 1 N–H and O–H groups in total. The Hall–Kier alpha value is -3.49. The van der Waals surface area contributed by atoms with Crippen LogP contribution in [0.25, 0.3) is 22.5 Å². The largest absolute Gasteiger partial charge is 0.493 e. The van der Waals surface area contributed by atoms with Crippen LogP contribution in [0.4, 0.5) is 0 Å². The van der Waals surface area contributed by atoms with Crippen molar-refractivity contribution in [1.82, 2.24) is 9.89 Å². The molecule has 9 heteroatoms. The van der Waals surface area contributed by atoms with Gasteiger partial charge in [0.15, 0.2) is 11.5 Å².